The highest BCUT2D eigenvalue weighted by Gasteiger charge is 2.24. The van der Waals surface area contributed by atoms with Gasteiger partial charge in [0.15, 0.2) is 0 Å². The van der Waals surface area contributed by atoms with Gasteiger partial charge in [0.2, 0.25) is 0 Å². The summed E-state index contributed by atoms with van der Waals surface area (Å²) in [4.78, 5) is 12.7. The zero-order chi connectivity index (χ0) is 19.8. The van der Waals surface area contributed by atoms with Gasteiger partial charge >= 0.3 is 5.97 Å². The number of benzene rings is 2. The number of phenolic OH excluding ortho intramolecular Hbond substituents is 1. The molecule has 0 aliphatic heterocycles. The molecule has 1 N–H and O–H groups in total. The molecule has 2 aromatic carbocycles. The number of ether oxygens (including phenoxy) is 2. The number of hydrogen-bond acceptors (Lipinski definition) is 4. The molecule has 0 saturated carbocycles. The van der Waals surface area contributed by atoms with Crippen LogP contribution in [0.4, 0.5) is 0 Å². The Morgan fingerprint density at radius 2 is 1.81 bits per heavy atom. The minimum Gasteiger partial charge on any atom is -0.507 e. The van der Waals surface area contributed by atoms with Crippen molar-refractivity contribution in [1.29, 1.82) is 0 Å². The van der Waals surface area contributed by atoms with Crippen molar-refractivity contribution in [1.82, 2.24) is 0 Å². The molecule has 146 valence electrons. The van der Waals surface area contributed by atoms with Gasteiger partial charge in [-0.15, -0.1) is 0 Å². The summed E-state index contributed by atoms with van der Waals surface area (Å²) in [5.74, 6) is 0.175. The molecule has 0 spiro atoms. The predicted octanol–water partition coefficient (Wildman–Crippen LogP) is 5.68. The van der Waals surface area contributed by atoms with E-state index in [-0.39, 0.29) is 17.9 Å². The summed E-state index contributed by atoms with van der Waals surface area (Å²) in [6.45, 7) is 6.16. The van der Waals surface area contributed by atoms with E-state index in [1.807, 2.05) is 37.3 Å². The van der Waals surface area contributed by atoms with Gasteiger partial charge in [-0.25, -0.2) is 4.79 Å². The summed E-state index contributed by atoms with van der Waals surface area (Å²) in [5, 5.41) is 11.0. The van der Waals surface area contributed by atoms with Crippen LogP contribution in [0.5, 0.6) is 11.5 Å². The van der Waals surface area contributed by atoms with Crippen LogP contribution in [0.3, 0.4) is 0 Å². The van der Waals surface area contributed by atoms with Gasteiger partial charge < -0.3 is 14.6 Å². The maximum atomic E-state index is 12.7. The molecule has 2 aromatic rings. The summed E-state index contributed by atoms with van der Waals surface area (Å²) in [5.41, 5.74) is 3.42. The van der Waals surface area contributed by atoms with Crippen LogP contribution in [0.1, 0.15) is 61.0 Å². The molecule has 0 unspecified atom stereocenters. The highest BCUT2D eigenvalue weighted by atomic mass is 16.5. The van der Waals surface area contributed by atoms with Crippen molar-refractivity contribution in [2.75, 3.05) is 13.7 Å². The zero-order valence-electron chi connectivity index (χ0n) is 16.8. The van der Waals surface area contributed by atoms with Gasteiger partial charge in [-0.1, -0.05) is 44.4 Å². The SMILES string of the molecule is CCCCCCc1c(C)cc(-c2ccccc2OC)c(C(=O)OCC)c1O. The van der Waals surface area contributed by atoms with Crippen molar-refractivity contribution < 1.29 is 19.4 Å². The minimum atomic E-state index is -0.509. The Kier molecular flexibility index (Phi) is 7.71. The van der Waals surface area contributed by atoms with E-state index in [2.05, 4.69) is 6.92 Å². The number of phenols is 1. The number of hydrogen-bond donors (Lipinski definition) is 1. The molecule has 0 saturated heterocycles. The molecular weight excluding hydrogens is 340 g/mol. The lowest BCUT2D eigenvalue weighted by atomic mass is 9.90. The van der Waals surface area contributed by atoms with Crippen LogP contribution < -0.4 is 4.74 Å². The molecule has 0 heterocycles. The molecule has 0 bridgehead atoms. The van der Waals surface area contributed by atoms with Gasteiger partial charge in [-0.05, 0) is 49.9 Å². The first-order chi connectivity index (χ1) is 13.0. The number of carbonyl (C=O) groups excluding carboxylic acids is 1. The summed E-state index contributed by atoms with van der Waals surface area (Å²) < 4.78 is 10.7. The number of esters is 1. The lowest BCUT2D eigenvalue weighted by molar-refractivity contribution is 0.0524. The van der Waals surface area contributed by atoms with E-state index in [4.69, 9.17) is 9.47 Å². The second-order valence-corrected chi connectivity index (χ2v) is 6.67. The average molecular weight is 370 g/mol. The molecule has 0 aromatic heterocycles. The van der Waals surface area contributed by atoms with Crippen molar-refractivity contribution in [3.05, 3.63) is 47.0 Å². The fourth-order valence-electron chi connectivity index (χ4n) is 3.37. The first kappa shape index (κ1) is 20.8. The van der Waals surface area contributed by atoms with Crippen LogP contribution in [-0.2, 0) is 11.2 Å². The maximum absolute atomic E-state index is 12.7. The average Bonchev–Trinajstić information content (AvgIpc) is 2.66. The van der Waals surface area contributed by atoms with Crippen molar-refractivity contribution in [3.63, 3.8) is 0 Å². The van der Waals surface area contributed by atoms with Crippen molar-refractivity contribution in [2.45, 2.75) is 52.9 Å². The third-order valence-electron chi connectivity index (χ3n) is 4.79. The molecule has 2 rings (SSSR count). The molecule has 4 nitrogen and oxygen atoms in total. The Labute approximate surface area is 162 Å². The van der Waals surface area contributed by atoms with Crippen LogP contribution in [0.2, 0.25) is 0 Å². The lowest BCUT2D eigenvalue weighted by Gasteiger charge is -2.18. The molecule has 0 fully saturated rings. The maximum Gasteiger partial charge on any atom is 0.342 e. The standard InChI is InChI=1S/C23H30O4/c1-5-7-8-9-12-17-16(3)15-19(18-13-10-11-14-20(18)26-4)21(22(17)24)23(25)27-6-2/h10-11,13-15,24H,5-9,12H2,1-4H3. The number of rotatable bonds is 9. The molecule has 0 radical (unpaired) electrons. The summed E-state index contributed by atoms with van der Waals surface area (Å²) in [6, 6.07) is 9.45. The number of unbranched alkanes of at least 4 members (excludes halogenated alkanes) is 3. The highest BCUT2D eigenvalue weighted by molar-refractivity contribution is 6.01. The Morgan fingerprint density at radius 1 is 1.07 bits per heavy atom. The van der Waals surface area contributed by atoms with Crippen LogP contribution >= 0.6 is 0 Å². The quantitative estimate of drug-likeness (QED) is 0.456. The fourth-order valence-corrected chi connectivity index (χ4v) is 3.37. The Morgan fingerprint density at radius 3 is 2.48 bits per heavy atom. The smallest absolute Gasteiger partial charge is 0.342 e. The van der Waals surface area contributed by atoms with Crippen LogP contribution in [-0.4, -0.2) is 24.8 Å². The van der Waals surface area contributed by atoms with Crippen molar-refractivity contribution in [2.24, 2.45) is 0 Å². The third kappa shape index (κ3) is 4.82. The van der Waals surface area contributed by atoms with Gasteiger partial charge in [0, 0.05) is 11.1 Å². The molecule has 0 aliphatic rings. The van der Waals surface area contributed by atoms with Crippen LogP contribution in [0.15, 0.2) is 30.3 Å². The lowest BCUT2D eigenvalue weighted by Crippen LogP contribution is -2.09. The molecule has 27 heavy (non-hydrogen) atoms. The summed E-state index contributed by atoms with van der Waals surface area (Å²) in [6.07, 6.45) is 5.17. The van der Waals surface area contributed by atoms with E-state index in [1.165, 1.54) is 6.42 Å². The number of carbonyl (C=O) groups is 1. The predicted molar refractivity (Wildman–Crippen MR) is 109 cm³/mol. The Balaban J connectivity index is 2.57. The van der Waals surface area contributed by atoms with Crippen molar-refractivity contribution in [3.8, 4) is 22.6 Å². The number of aryl methyl sites for hydroxylation is 1. The van der Waals surface area contributed by atoms with E-state index in [9.17, 15) is 9.90 Å². The van der Waals surface area contributed by atoms with E-state index in [0.717, 1.165) is 42.4 Å². The van der Waals surface area contributed by atoms with Gasteiger partial charge in [-0.2, -0.15) is 0 Å². The van der Waals surface area contributed by atoms with E-state index in [0.29, 0.717) is 11.3 Å². The summed E-state index contributed by atoms with van der Waals surface area (Å²) >= 11 is 0. The summed E-state index contributed by atoms with van der Waals surface area (Å²) in [7, 11) is 1.59. The largest absolute Gasteiger partial charge is 0.507 e. The van der Waals surface area contributed by atoms with Gasteiger partial charge in [0.1, 0.15) is 17.1 Å². The third-order valence-corrected chi connectivity index (χ3v) is 4.79. The number of methoxy groups -OCH3 is 1. The fraction of sp³-hybridized carbons (Fsp3) is 0.435. The molecule has 4 heteroatoms. The molecule has 0 atom stereocenters. The van der Waals surface area contributed by atoms with Gasteiger partial charge in [0.05, 0.1) is 13.7 Å². The molecular formula is C23H30O4. The van der Waals surface area contributed by atoms with Gasteiger partial charge in [-0.3, -0.25) is 0 Å². The normalized spacial score (nSPS) is 10.7. The van der Waals surface area contributed by atoms with E-state index in [1.54, 1.807) is 14.0 Å². The number of aromatic hydroxyl groups is 1. The topological polar surface area (TPSA) is 55.8 Å². The second-order valence-electron chi connectivity index (χ2n) is 6.67. The first-order valence-corrected chi connectivity index (χ1v) is 9.71. The van der Waals surface area contributed by atoms with E-state index >= 15 is 0 Å². The van der Waals surface area contributed by atoms with Gasteiger partial charge in [0.25, 0.3) is 0 Å². The van der Waals surface area contributed by atoms with Crippen LogP contribution in [0, 0.1) is 6.92 Å². The minimum absolute atomic E-state index is 0.0332. The van der Waals surface area contributed by atoms with Crippen LogP contribution in [0.25, 0.3) is 11.1 Å². The monoisotopic (exact) mass is 370 g/mol. The highest BCUT2D eigenvalue weighted by Crippen LogP contribution is 2.40. The molecule has 0 aliphatic carbocycles. The van der Waals surface area contributed by atoms with Crippen molar-refractivity contribution >= 4 is 5.97 Å². The second kappa shape index (κ2) is 10.0. The Bertz CT molecular complexity index is 780. The first-order valence-electron chi connectivity index (χ1n) is 9.71. The Hall–Kier alpha value is -2.49. The molecule has 0 amide bonds. The zero-order valence-corrected chi connectivity index (χ0v) is 16.8. The number of para-hydroxylation sites is 1. The van der Waals surface area contributed by atoms with E-state index < -0.39 is 5.97 Å².